The lowest BCUT2D eigenvalue weighted by atomic mass is 10.2. The molecule has 9 heteroatoms. The molecule has 2 amide bonds. The Bertz CT molecular complexity index is 418. The molecule has 0 aliphatic heterocycles. The molecular formula is C14H28N5O4+. The van der Waals surface area contributed by atoms with Crippen LogP contribution in [0.25, 0.3) is 0 Å². The first-order valence-corrected chi connectivity index (χ1v) is 7.33. The topological polar surface area (TPSA) is 129 Å². The van der Waals surface area contributed by atoms with Gasteiger partial charge in [-0.3, -0.25) is 16.0 Å². The number of hydrogen-bond acceptors (Lipinski definition) is 4. The van der Waals surface area contributed by atoms with E-state index in [1.54, 1.807) is 20.8 Å². The van der Waals surface area contributed by atoms with Gasteiger partial charge in [-0.15, -0.1) is 0 Å². The summed E-state index contributed by atoms with van der Waals surface area (Å²) in [6.45, 7) is 10.6. The first kappa shape index (κ1) is 20.6. The van der Waals surface area contributed by atoms with Crippen molar-refractivity contribution in [1.29, 1.82) is 0 Å². The van der Waals surface area contributed by atoms with E-state index in [1.165, 1.54) is 6.08 Å². The van der Waals surface area contributed by atoms with Crippen LogP contribution >= 0.6 is 0 Å². The number of nitrogens with one attached hydrogen (secondary N) is 4. The normalized spacial score (nSPS) is 11.3. The van der Waals surface area contributed by atoms with Gasteiger partial charge in [0.05, 0.1) is 26.2 Å². The van der Waals surface area contributed by atoms with Gasteiger partial charge in [-0.1, -0.05) is 12.7 Å². The Labute approximate surface area is 136 Å². The van der Waals surface area contributed by atoms with Crippen LogP contribution in [0.5, 0.6) is 0 Å². The molecule has 0 radical (unpaired) electrons. The highest BCUT2D eigenvalue weighted by molar-refractivity contribution is 5.72. The van der Waals surface area contributed by atoms with Gasteiger partial charge >= 0.3 is 18.1 Å². The Kier molecular flexibility index (Phi) is 9.97. The number of amides is 2. The monoisotopic (exact) mass is 330 g/mol. The van der Waals surface area contributed by atoms with Crippen LogP contribution in [0.3, 0.4) is 0 Å². The second-order valence-electron chi connectivity index (χ2n) is 5.51. The minimum atomic E-state index is -0.524. The Morgan fingerprint density at radius 2 is 1.74 bits per heavy atom. The van der Waals surface area contributed by atoms with Crippen LogP contribution in [0.15, 0.2) is 12.7 Å². The standard InChI is InChI=1S/C14H27N5O4/c1-5-10-22-12(20)18-8-6-16-11(15)17-7-9-19-13(21)23-14(2,3)4/h5H,1,6-10H2,2-4H3,(H,18,20)(H,19,21)(H3,15,16,17)/p+1. The van der Waals surface area contributed by atoms with Gasteiger partial charge < -0.3 is 20.1 Å². The Hall–Kier alpha value is -2.45. The van der Waals surface area contributed by atoms with Crippen LogP contribution in [0.1, 0.15) is 20.8 Å². The van der Waals surface area contributed by atoms with Crippen LogP contribution in [0.4, 0.5) is 9.59 Å². The SMILES string of the molecule is C=CCOC(=O)NCCNC(N)=[NH+]CCNC(=O)OC(C)(C)C. The van der Waals surface area contributed by atoms with Crippen molar-refractivity contribution in [3.63, 3.8) is 0 Å². The molecule has 0 atom stereocenters. The Morgan fingerprint density at radius 3 is 2.35 bits per heavy atom. The first-order valence-electron chi connectivity index (χ1n) is 7.33. The van der Waals surface area contributed by atoms with Gasteiger partial charge in [0.15, 0.2) is 0 Å². The molecule has 6 N–H and O–H groups in total. The summed E-state index contributed by atoms with van der Waals surface area (Å²) in [5, 5.41) is 8.00. The van der Waals surface area contributed by atoms with Gasteiger partial charge in [-0.25, -0.2) is 9.59 Å². The van der Waals surface area contributed by atoms with Gasteiger partial charge in [0.2, 0.25) is 0 Å². The van der Waals surface area contributed by atoms with Crippen molar-refractivity contribution in [1.82, 2.24) is 16.0 Å². The molecule has 132 valence electrons. The summed E-state index contributed by atoms with van der Waals surface area (Å²) in [7, 11) is 0. The molecule has 23 heavy (non-hydrogen) atoms. The van der Waals surface area contributed by atoms with E-state index in [0.29, 0.717) is 32.1 Å². The molecule has 0 heterocycles. The minimum Gasteiger partial charge on any atom is -0.445 e. The average molecular weight is 330 g/mol. The van der Waals surface area contributed by atoms with E-state index in [4.69, 9.17) is 15.2 Å². The van der Waals surface area contributed by atoms with E-state index in [1.807, 2.05) is 0 Å². The molecule has 0 aliphatic rings. The summed E-state index contributed by atoms with van der Waals surface area (Å²) in [5.74, 6) is 0.345. The Balaban J connectivity index is 3.70. The van der Waals surface area contributed by atoms with E-state index in [0.717, 1.165) is 0 Å². The van der Waals surface area contributed by atoms with Crippen LogP contribution < -0.4 is 26.7 Å². The van der Waals surface area contributed by atoms with Gasteiger partial charge in [-0.2, -0.15) is 0 Å². The maximum absolute atomic E-state index is 11.4. The van der Waals surface area contributed by atoms with E-state index in [9.17, 15) is 9.59 Å². The molecule has 0 saturated heterocycles. The van der Waals surface area contributed by atoms with Crippen LogP contribution in [-0.4, -0.2) is 56.5 Å². The minimum absolute atomic E-state index is 0.166. The van der Waals surface area contributed by atoms with Crippen LogP contribution in [-0.2, 0) is 9.47 Å². The van der Waals surface area contributed by atoms with E-state index < -0.39 is 17.8 Å². The molecule has 0 saturated carbocycles. The smallest absolute Gasteiger partial charge is 0.407 e. The van der Waals surface area contributed by atoms with Crippen molar-refractivity contribution >= 4 is 18.1 Å². The summed E-state index contributed by atoms with van der Waals surface area (Å²) in [6.07, 6.45) is 0.492. The first-order chi connectivity index (χ1) is 10.7. The number of nitrogens with two attached hydrogens (primary N) is 1. The second kappa shape index (κ2) is 11.2. The third-order valence-corrected chi connectivity index (χ3v) is 2.15. The largest absolute Gasteiger partial charge is 0.445 e. The molecular weight excluding hydrogens is 302 g/mol. The van der Waals surface area contributed by atoms with E-state index in [-0.39, 0.29) is 6.61 Å². The predicted octanol–water partition coefficient (Wildman–Crippen LogP) is -1.59. The summed E-state index contributed by atoms with van der Waals surface area (Å²) < 4.78 is 9.82. The summed E-state index contributed by atoms with van der Waals surface area (Å²) in [6, 6.07) is 0. The van der Waals surface area contributed by atoms with E-state index >= 15 is 0 Å². The number of hydrogen-bond donors (Lipinski definition) is 5. The molecule has 0 aliphatic carbocycles. The van der Waals surface area contributed by atoms with E-state index in [2.05, 4.69) is 27.5 Å². The zero-order valence-corrected chi connectivity index (χ0v) is 14.0. The molecule has 0 aromatic heterocycles. The lowest BCUT2D eigenvalue weighted by Gasteiger charge is -2.19. The molecule has 0 unspecified atom stereocenters. The van der Waals surface area contributed by atoms with Crippen molar-refractivity contribution in [3.05, 3.63) is 12.7 Å². The molecule has 0 fully saturated rings. The number of carbonyl (C=O) groups excluding carboxylic acids is 2. The van der Waals surface area contributed by atoms with Crippen molar-refractivity contribution in [3.8, 4) is 0 Å². The van der Waals surface area contributed by atoms with Gasteiger partial charge in [0.25, 0.3) is 0 Å². The number of alkyl carbamates (subject to hydrolysis) is 2. The van der Waals surface area contributed by atoms with Crippen LogP contribution in [0.2, 0.25) is 0 Å². The van der Waals surface area contributed by atoms with Gasteiger partial charge in [-0.05, 0) is 20.8 Å². The maximum atomic E-state index is 11.4. The van der Waals surface area contributed by atoms with Crippen molar-refractivity contribution < 1.29 is 24.1 Å². The average Bonchev–Trinajstić information content (AvgIpc) is 2.44. The number of carbonyl (C=O) groups is 2. The van der Waals surface area contributed by atoms with Crippen molar-refractivity contribution in [2.45, 2.75) is 26.4 Å². The van der Waals surface area contributed by atoms with Crippen molar-refractivity contribution in [2.75, 3.05) is 32.8 Å². The summed E-state index contributed by atoms with van der Waals surface area (Å²) >= 11 is 0. The molecule has 0 aromatic carbocycles. The lowest BCUT2D eigenvalue weighted by molar-refractivity contribution is -0.458. The maximum Gasteiger partial charge on any atom is 0.407 e. The fourth-order valence-electron chi connectivity index (χ4n) is 1.29. The second-order valence-corrected chi connectivity index (χ2v) is 5.51. The third kappa shape index (κ3) is 14.3. The Morgan fingerprint density at radius 1 is 1.13 bits per heavy atom. The number of guanidine groups is 1. The fourth-order valence-corrected chi connectivity index (χ4v) is 1.29. The lowest BCUT2D eigenvalue weighted by Crippen LogP contribution is -2.80. The van der Waals surface area contributed by atoms with Gasteiger partial charge in [0, 0.05) is 0 Å². The number of ether oxygens (including phenoxy) is 2. The van der Waals surface area contributed by atoms with Gasteiger partial charge in [0.1, 0.15) is 12.2 Å². The predicted molar refractivity (Wildman–Crippen MR) is 86.8 cm³/mol. The highest BCUT2D eigenvalue weighted by Gasteiger charge is 2.15. The third-order valence-electron chi connectivity index (χ3n) is 2.15. The van der Waals surface area contributed by atoms with Crippen LogP contribution in [0, 0.1) is 0 Å². The zero-order chi connectivity index (χ0) is 17.7. The molecule has 0 spiro atoms. The molecule has 0 rings (SSSR count). The number of rotatable bonds is 8. The highest BCUT2D eigenvalue weighted by atomic mass is 16.6. The zero-order valence-electron chi connectivity index (χ0n) is 14.0. The van der Waals surface area contributed by atoms with Crippen molar-refractivity contribution in [2.24, 2.45) is 5.73 Å². The molecule has 0 aromatic rings. The molecule has 0 bridgehead atoms. The quantitative estimate of drug-likeness (QED) is 0.158. The molecule has 9 nitrogen and oxygen atoms in total. The summed E-state index contributed by atoms with van der Waals surface area (Å²) in [4.78, 5) is 25.4. The highest BCUT2D eigenvalue weighted by Crippen LogP contribution is 2.05. The summed E-state index contributed by atoms with van der Waals surface area (Å²) in [5.41, 5.74) is 5.16. The fraction of sp³-hybridized carbons (Fsp3) is 0.643.